The molecule has 2 atom stereocenters. The van der Waals surface area contributed by atoms with E-state index >= 15 is 0 Å². The average molecular weight is 479 g/mol. The van der Waals surface area contributed by atoms with Gasteiger partial charge in [-0.25, -0.2) is 4.39 Å². The Labute approximate surface area is 127 Å². The first-order valence-corrected chi connectivity index (χ1v) is 7.07. The predicted molar refractivity (Wildman–Crippen MR) is 74.1 cm³/mol. The molecule has 3 nitrogen and oxygen atoms in total. The summed E-state index contributed by atoms with van der Waals surface area (Å²) in [4.78, 5) is 1.18. The Bertz CT molecular complexity index is 230. The molecule has 0 aromatic rings. The second-order valence-electron chi connectivity index (χ2n) is 3.96. The number of rotatable bonds is 6. The SMILES string of the molecule is FC(N1CCCCC1)C(F)(F)C(COI)OI. The van der Waals surface area contributed by atoms with Crippen molar-refractivity contribution in [3.8, 4) is 0 Å². The van der Waals surface area contributed by atoms with Gasteiger partial charge in [-0.1, -0.05) is 6.42 Å². The highest BCUT2D eigenvalue weighted by Crippen LogP contribution is 2.33. The lowest BCUT2D eigenvalue weighted by Gasteiger charge is -2.36. The van der Waals surface area contributed by atoms with Crippen LogP contribution >= 0.6 is 46.0 Å². The van der Waals surface area contributed by atoms with E-state index in [0.717, 1.165) is 19.3 Å². The van der Waals surface area contributed by atoms with E-state index in [-0.39, 0.29) is 6.61 Å². The summed E-state index contributed by atoms with van der Waals surface area (Å²) in [5, 5.41) is 0. The fourth-order valence-corrected chi connectivity index (χ4v) is 2.61. The normalized spacial score (nSPS) is 22.4. The fraction of sp³-hybridized carbons (Fsp3) is 1.00. The minimum absolute atomic E-state index is 0.342. The van der Waals surface area contributed by atoms with Gasteiger partial charge in [-0.2, -0.15) is 8.78 Å². The van der Waals surface area contributed by atoms with Crippen LogP contribution in [0.3, 0.4) is 0 Å². The molecule has 1 rings (SSSR count). The summed E-state index contributed by atoms with van der Waals surface area (Å²) in [6.07, 6.45) is -1.40. The summed E-state index contributed by atoms with van der Waals surface area (Å²) in [6.45, 7) is 0.399. The molecule has 0 amide bonds. The summed E-state index contributed by atoms with van der Waals surface area (Å²) in [7, 11) is 0. The van der Waals surface area contributed by atoms with E-state index in [1.807, 2.05) is 0 Å². The number of hydrogen-bond donors (Lipinski definition) is 0. The van der Waals surface area contributed by atoms with E-state index in [2.05, 4.69) is 6.13 Å². The molecule has 17 heavy (non-hydrogen) atoms. The number of nitrogens with zero attached hydrogens (tertiary/aromatic N) is 1. The van der Waals surface area contributed by atoms with Crippen LogP contribution in [0.4, 0.5) is 13.2 Å². The van der Waals surface area contributed by atoms with Gasteiger partial charge in [0.05, 0.1) is 6.61 Å². The molecular weight excluding hydrogens is 465 g/mol. The molecule has 102 valence electrons. The molecule has 1 aliphatic heterocycles. The van der Waals surface area contributed by atoms with E-state index in [1.54, 1.807) is 0 Å². The molecule has 1 heterocycles. The lowest BCUT2D eigenvalue weighted by molar-refractivity contribution is -0.188. The molecule has 0 aromatic heterocycles. The van der Waals surface area contributed by atoms with Crippen LogP contribution in [0.2, 0.25) is 0 Å². The van der Waals surface area contributed by atoms with Crippen LogP contribution in [0.25, 0.3) is 0 Å². The van der Waals surface area contributed by atoms with Crippen LogP contribution in [0.15, 0.2) is 0 Å². The third-order valence-electron chi connectivity index (χ3n) is 2.78. The smallest absolute Gasteiger partial charge is 0.313 e. The van der Waals surface area contributed by atoms with Crippen molar-refractivity contribution in [3.05, 3.63) is 0 Å². The second-order valence-corrected chi connectivity index (χ2v) is 5.09. The summed E-state index contributed by atoms with van der Waals surface area (Å²) >= 11 is 2.84. The molecule has 0 bridgehead atoms. The summed E-state index contributed by atoms with van der Waals surface area (Å²) < 4.78 is 50.7. The van der Waals surface area contributed by atoms with Gasteiger partial charge in [0.2, 0.25) is 6.30 Å². The van der Waals surface area contributed by atoms with Gasteiger partial charge in [-0.15, -0.1) is 0 Å². The maximum Gasteiger partial charge on any atom is 0.320 e. The summed E-state index contributed by atoms with van der Waals surface area (Å²) in [5.41, 5.74) is 0. The molecule has 0 aliphatic carbocycles. The number of hydrogen-bond acceptors (Lipinski definition) is 3. The number of halogens is 5. The molecule has 2 unspecified atom stereocenters. The number of likely N-dealkylation sites (tertiary alicyclic amines) is 1. The second kappa shape index (κ2) is 7.65. The molecule has 1 saturated heterocycles. The van der Waals surface area contributed by atoms with Gasteiger partial charge in [0.25, 0.3) is 0 Å². The van der Waals surface area contributed by atoms with E-state index in [9.17, 15) is 13.2 Å². The Hall–Kier alpha value is 1.13. The fourth-order valence-electron chi connectivity index (χ4n) is 1.80. The molecule has 1 fully saturated rings. The van der Waals surface area contributed by atoms with Gasteiger partial charge in [-0.05, 0) is 12.8 Å². The molecule has 0 spiro atoms. The Morgan fingerprint density at radius 1 is 1.18 bits per heavy atom. The summed E-state index contributed by atoms with van der Waals surface area (Å²) in [6, 6.07) is 0. The Morgan fingerprint density at radius 3 is 2.24 bits per heavy atom. The highest BCUT2D eigenvalue weighted by molar-refractivity contribution is 14.1. The van der Waals surface area contributed by atoms with Crippen molar-refractivity contribution in [3.63, 3.8) is 0 Å². The Morgan fingerprint density at radius 2 is 1.76 bits per heavy atom. The zero-order chi connectivity index (χ0) is 12.9. The van der Waals surface area contributed by atoms with Gasteiger partial charge in [0, 0.05) is 13.1 Å². The van der Waals surface area contributed by atoms with Crippen LogP contribution in [0.5, 0.6) is 0 Å². The lowest BCUT2D eigenvalue weighted by Crippen LogP contribution is -2.54. The van der Waals surface area contributed by atoms with Crippen LogP contribution in [-0.4, -0.2) is 42.9 Å². The van der Waals surface area contributed by atoms with Gasteiger partial charge in [0.15, 0.2) is 6.10 Å². The molecule has 0 N–H and O–H groups in total. The van der Waals surface area contributed by atoms with Gasteiger partial charge in [0.1, 0.15) is 46.0 Å². The largest absolute Gasteiger partial charge is 0.320 e. The average Bonchev–Trinajstić information content (AvgIpc) is 2.35. The van der Waals surface area contributed by atoms with E-state index < -0.39 is 18.3 Å². The number of piperidine rings is 1. The predicted octanol–water partition coefficient (Wildman–Crippen LogP) is 3.51. The maximum atomic E-state index is 13.9. The third-order valence-corrected chi connectivity index (χ3v) is 3.75. The van der Waals surface area contributed by atoms with Crippen LogP contribution in [0, 0.1) is 0 Å². The van der Waals surface area contributed by atoms with Crippen LogP contribution < -0.4 is 0 Å². The van der Waals surface area contributed by atoms with Crippen LogP contribution in [0.1, 0.15) is 19.3 Å². The zero-order valence-corrected chi connectivity index (χ0v) is 13.4. The molecule has 0 aromatic carbocycles. The Balaban J connectivity index is 2.65. The van der Waals surface area contributed by atoms with Gasteiger partial charge in [-0.3, -0.25) is 4.90 Å². The number of alkyl halides is 3. The highest BCUT2D eigenvalue weighted by Gasteiger charge is 2.51. The zero-order valence-electron chi connectivity index (χ0n) is 9.05. The van der Waals surface area contributed by atoms with E-state index in [1.165, 1.54) is 50.9 Å². The molecule has 8 heteroatoms. The first kappa shape index (κ1) is 16.2. The van der Waals surface area contributed by atoms with E-state index in [0.29, 0.717) is 13.1 Å². The molecule has 1 aliphatic rings. The minimum Gasteiger partial charge on any atom is -0.313 e. The quantitative estimate of drug-likeness (QED) is 0.431. The maximum absolute atomic E-state index is 13.9. The van der Waals surface area contributed by atoms with E-state index in [4.69, 9.17) is 0 Å². The van der Waals surface area contributed by atoms with Crippen molar-refractivity contribution in [2.24, 2.45) is 0 Å². The molecule has 0 radical (unpaired) electrons. The van der Waals surface area contributed by atoms with Crippen molar-refractivity contribution in [2.45, 2.75) is 37.6 Å². The molecule has 0 saturated carbocycles. The lowest BCUT2D eigenvalue weighted by atomic mass is 10.1. The topological polar surface area (TPSA) is 21.7 Å². The van der Waals surface area contributed by atoms with Crippen LogP contribution in [-0.2, 0) is 6.13 Å². The highest BCUT2D eigenvalue weighted by atomic mass is 127. The Kier molecular flexibility index (Phi) is 7.29. The standard InChI is InChI=1S/C9H14F3I2NO2/c10-8(15-4-2-1-3-5-15)9(11,12)7(17-14)6-16-13/h7-8H,1-6H2. The minimum atomic E-state index is -3.57. The van der Waals surface area contributed by atoms with Crippen molar-refractivity contribution in [1.82, 2.24) is 4.90 Å². The first-order valence-electron chi connectivity index (χ1n) is 5.31. The van der Waals surface area contributed by atoms with Crippen molar-refractivity contribution in [1.29, 1.82) is 0 Å². The van der Waals surface area contributed by atoms with Crippen molar-refractivity contribution in [2.75, 3.05) is 19.7 Å². The van der Waals surface area contributed by atoms with Gasteiger partial charge >= 0.3 is 5.92 Å². The van der Waals surface area contributed by atoms with Gasteiger partial charge < -0.3 is 6.13 Å². The summed E-state index contributed by atoms with van der Waals surface area (Å²) in [5.74, 6) is -3.57. The van der Waals surface area contributed by atoms with Crippen molar-refractivity contribution < 1.29 is 19.3 Å². The molecular formula is C9H14F3I2NO2. The first-order chi connectivity index (χ1) is 8.04. The monoisotopic (exact) mass is 479 g/mol. The third kappa shape index (κ3) is 4.32. The van der Waals surface area contributed by atoms with Crippen molar-refractivity contribution >= 4 is 46.0 Å².